The van der Waals surface area contributed by atoms with E-state index in [0.29, 0.717) is 46.0 Å². The topological polar surface area (TPSA) is 23.6 Å². The number of nitrogens with zero attached hydrogens (tertiary/aromatic N) is 2. The summed E-state index contributed by atoms with van der Waals surface area (Å²) in [7, 11) is 0. The zero-order valence-corrected chi connectivity index (χ0v) is 19.8. The molecule has 1 atom stereocenters. The third kappa shape index (κ3) is 4.98. The number of hydrogen-bond acceptors (Lipinski definition) is 3. The van der Waals surface area contributed by atoms with Crippen LogP contribution in [-0.2, 0) is 5.75 Å². The normalized spacial score (nSPS) is 16.5. The van der Waals surface area contributed by atoms with Crippen LogP contribution in [0.25, 0.3) is 0 Å². The summed E-state index contributed by atoms with van der Waals surface area (Å²) in [6.45, 7) is 1.78. The smallest absolute Gasteiger partial charge is 0.253 e. The van der Waals surface area contributed by atoms with Crippen LogP contribution in [-0.4, -0.2) is 30.4 Å². The minimum atomic E-state index is -0.0645. The highest BCUT2D eigenvalue weighted by Crippen LogP contribution is 2.37. The SMILES string of the molecule is O=C(c1ccc(CS)cc1)N1CCN(c2ccc(Cl)cc2Cl)C(c2ccc(Cl)cc2)C1. The molecule has 1 unspecified atom stereocenters. The van der Waals surface area contributed by atoms with E-state index in [1.165, 1.54) is 0 Å². The van der Waals surface area contributed by atoms with Crippen molar-refractivity contribution in [2.45, 2.75) is 11.8 Å². The Labute approximate surface area is 202 Å². The van der Waals surface area contributed by atoms with E-state index in [-0.39, 0.29) is 11.9 Å². The standard InChI is InChI=1S/C24H21Cl3N2OS/c25-19-7-5-17(6-8-19)23-14-28(24(30)18-3-1-16(15-31)2-4-18)11-12-29(23)22-10-9-20(26)13-21(22)27/h1-10,13,23,31H,11-12,14-15H2. The molecule has 0 radical (unpaired) electrons. The van der Waals surface area contributed by atoms with Crippen molar-refractivity contribution in [2.75, 3.05) is 24.5 Å². The second kappa shape index (κ2) is 9.74. The Hall–Kier alpha value is -1.85. The largest absolute Gasteiger partial charge is 0.360 e. The van der Waals surface area contributed by atoms with E-state index < -0.39 is 0 Å². The van der Waals surface area contributed by atoms with Gasteiger partial charge < -0.3 is 9.80 Å². The number of piperazine rings is 1. The first-order chi connectivity index (χ1) is 15.0. The lowest BCUT2D eigenvalue weighted by molar-refractivity contribution is 0.0722. The molecular weight excluding hydrogens is 471 g/mol. The van der Waals surface area contributed by atoms with Gasteiger partial charge in [-0.05, 0) is 53.6 Å². The van der Waals surface area contributed by atoms with Crippen LogP contribution >= 0.6 is 47.4 Å². The molecule has 4 rings (SSSR count). The summed E-state index contributed by atoms with van der Waals surface area (Å²) in [5, 5.41) is 1.86. The van der Waals surface area contributed by atoms with Gasteiger partial charge in [-0.3, -0.25) is 4.79 Å². The third-order valence-corrected chi connectivity index (χ3v) is 6.68. The van der Waals surface area contributed by atoms with Crippen LogP contribution in [0, 0.1) is 0 Å². The Morgan fingerprint density at radius 1 is 0.903 bits per heavy atom. The molecule has 1 saturated heterocycles. The molecule has 160 valence electrons. The summed E-state index contributed by atoms with van der Waals surface area (Å²) < 4.78 is 0. The van der Waals surface area contributed by atoms with Crippen LogP contribution in [0.1, 0.15) is 27.5 Å². The summed E-state index contributed by atoms with van der Waals surface area (Å²) in [5.41, 5.74) is 3.73. The number of amides is 1. The molecule has 0 saturated carbocycles. The molecule has 1 aliphatic heterocycles. The zero-order valence-electron chi connectivity index (χ0n) is 16.6. The lowest BCUT2D eigenvalue weighted by atomic mass is 10.0. The fraction of sp³-hybridized carbons (Fsp3) is 0.208. The molecule has 0 aromatic heterocycles. The molecule has 0 aliphatic carbocycles. The number of benzene rings is 3. The van der Waals surface area contributed by atoms with Gasteiger partial charge in [0.2, 0.25) is 0 Å². The van der Waals surface area contributed by atoms with Crippen molar-refractivity contribution in [1.29, 1.82) is 0 Å². The van der Waals surface area contributed by atoms with E-state index in [9.17, 15) is 4.79 Å². The van der Waals surface area contributed by atoms with Crippen LogP contribution in [0.4, 0.5) is 5.69 Å². The maximum atomic E-state index is 13.2. The van der Waals surface area contributed by atoms with Crippen LogP contribution in [0.5, 0.6) is 0 Å². The van der Waals surface area contributed by atoms with E-state index >= 15 is 0 Å². The van der Waals surface area contributed by atoms with Crippen molar-refractivity contribution in [1.82, 2.24) is 4.90 Å². The van der Waals surface area contributed by atoms with Gasteiger partial charge in [-0.25, -0.2) is 0 Å². The summed E-state index contributed by atoms with van der Waals surface area (Å²) in [6.07, 6.45) is 0. The number of carbonyl (C=O) groups excluding carboxylic acids is 1. The van der Waals surface area contributed by atoms with Gasteiger partial charge in [-0.15, -0.1) is 0 Å². The summed E-state index contributed by atoms with van der Waals surface area (Å²) >= 11 is 23.0. The Morgan fingerprint density at radius 2 is 1.58 bits per heavy atom. The second-order valence-electron chi connectivity index (χ2n) is 7.46. The molecule has 0 spiro atoms. The van der Waals surface area contributed by atoms with Crippen LogP contribution < -0.4 is 4.90 Å². The quantitative estimate of drug-likeness (QED) is 0.407. The van der Waals surface area contributed by atoms with Crippen LogP contribution in [0.3, 0.4) is 0 Å². The first-order valence-electron chi connectivity index (χ1n) is 9.92. The summed E-state index contributed by atoms with van der Waals surface area (Å²) in [6, 6.07) is 20.8. The first kappa shape index (κ1) is 22.3. The second-order valence-corrected chi connectivity index (χ2v) is 9.06. The molecular formula is C24H21Cl3N2OS. The summed E-state index contributed by atoms with van der Waals surface area (Å²) in [4.78, 5) is 17.3. The molecule has 1 aliphatic rings. The zero-order chi connectivity index (χ0) is 22.0. The highest BCUT2D eigenvalue weighted by atomic mass is 35.5. The minimum Gasteiger partial charge on any atom is -0.360 e. The first-order valence-corrected chi connectivity index (χ1v) is 11.7. The van der Waals surface area contributed by atoms with Crippen LogP contribution in [0.2, 0.25) is 15.1 Å². The van der Waals surface area contributed by atoms with E-state index in [4.69, 9.17) is 34.8 Å². The van der Waals surface area contributed by atoms with Gasteiger partial charge in [0.15, 0.2) is 0 Å². The number of anilines is 1. The lowest BCUT2D eigenvalue weighted by Crippen LogP contribution is -2.50. The highest BCUT2D eigenvalue weighted by molar-refractivity contribution is 7.79. The predicted molar refractivity (Wildman–Crippen MR) is 133 cm³/mol. The Morgan fingerprint density at radius 3 is 2.23 bits per heavy atom. The van der Waals surface area contributed by atoms with Gasteiger partial charge >= 0.3 is 0 Å². The highest BCUT2D eigenvalue weighted by Gasteiger charge is 2.32. The molecule has 1 amide bonds. The van der Waals surface area contributed by atoms with Crippen molar-refractivity contribution < 1.29 is 4.79 Å². The fourth-order valence-corrected chi connectivity index (χ4v) is 4.73. The van der Waals surface area contributed by atoms with Crippen molar-refractivity contribution in [3.63, 3.8) is 0 Å². The summed E-state index contributed by atoms with van der Waals surface area (Å²) in [5.74, 6) is 0.666. The fourth-order valence-electron chi connectivity index (χ4n) is 3.88. The van der Waals surface area contributed by atoms with Crippen LogP contribution in [0.15, 0.2) is 66.7 Å². The Kier molecular flexibility index (Phi) is 7.02. The minimum absolute atomic E-state index is 0.0199. The van der Waals surface area contributed by atoms with Gasteiger partial charge in [0.05, 0.1) is 16.8 Å². The number of halogens is 3. The maximum Gasteiger partial charge on any atom is 0.253 e. The van der Waals surface area contributed by atoms with E-state index in [0.717, 1.165) is 16.8 Å². The Bertz CT molecular complexity index is 1070. The molecule has 1 fully saturated rings. The Balaban J connectivity index is 1.64. The molecule has 0 bridgehead atoms. The molecule has 7 heteroatoms. The molecule has 1 heterocycles. The van der Waals surface area contributed by atoms with Crippen molar-refractivity contribution in [3.8, 4) is 0 Å². The average molecular weight is 492 g/mol. The molecule has 3 aromatic rings. The molecule has 3 nitrogen and oxygen atoms in total. The molecule has 3 aromatic carbocycles. The van der Waals surface area contributed by atoms with E-state index in [1.807, 2.05) is 65.6 Å². The average Bonchev–Trinajstić information content (AvgIpc) is 2.79. The third-order valence-electron chi connectivity index (χ3n) is 5.52. The van der Waals surface area contributed by atoms with Crippen molar-refractivity contribution >= 4 is 59.0 Å². The van der Waals surface area contributed by atoms with Crippen molar-refractivity contribution in [2.24, 2.45) is 0 Å². The van der Waals surface area contributed by atoms with Gasteiger partial charge in [0.1, 0.15) is 0 Å². The molecule has 31 heavy (non-hydrogen) atoms. The lowest BCUT2D eigenvalue weighted by Gasteiger charge is -2.43. The van der Waals surface area contributed by atoms with Gasteiger partial charge in [0, 0.05) is 41.0 Å². The van der Waals surface area contributed by atoms with E-state index in [1.54, 1.807) is 6.07 Å². The predicted octanol–water partition coefficient (Wildman–Crippen LogP) is 6.78. The maximum absolute atomic E-state index is 13.2. The van der Waals surface area contributed by atoms with E-state index in [2.05, 4.69) is 17.5 Å². The van der Waals surface area contributed by atoms with Gasteiger partial charge in [-0.1, -0.05) is 59.1 Å². The number of carbonyl (C=O) groups is 1. The number of thiol groups is 1. The monoisotopic (exact) mass is 490 g/mol. The molecule has 0 N–H and O–H groups in total. The van der Waals surface area contributed by atoms with Gasteiger partial charge in [0.25, 0.3) is 5.91 Å². The number of rotatable bonds is 4. The number of hydrogen-bond donors (Lipinski definition) is 1. The van der Waals surface area contributed by atoms with Crippen molar-refractivity contribution in [3.05, 3.63) is 98.5 Å². The van der Waals surface area contributed by atoms with Gasteiger partial charge in [-0.2, -0.15) is 12.6 Å².